The molecule has 1 aromatic carbocycles. The summed E-state index contributed by atoms with van der Waals surface area (Å²) in [7, 11) is 4.33. The van der Waals surface area contributed by atoms with Gasteiger partial charge in [-0.05, 0) is 131 Å². The molecule has 1 aliphatic heterocycles. The molecule has 7 aromatic heterocycles. The number of carboxylic acids is 1. The molecule has 0 unspecified atom stereocenters. The van der Waals surface area contributed by atoms with Crippen molar-refractivity contribution in [1.29, 1.82) is 0 Å². The van der Waals surface area contributed by atoms with E-state index in [-0.39, 0.29) is 64.5 Å². The number of ether oxygens (including phenoxy) is 1. The first kappa shape index (κ1) is 61.4. The zero-order chi connectivity index (χ0) is 55.6. The predicted octanol–water partition coefficient (Wildman–Crippen LogP) is 10.6. The highest BCUT2D eigenvalue weighted by Crippen LogP contribution is 2.37. The number of rotatable bonds is 15. The highest BCUT2D eigenvalue weighted by molar-refractivity contribution is 5.78. The van der Waals surface area contributed by atoms with Crippen LogP contribution in [0.4, 0.5) is 23.4 Å². The van der Waals surface area contributed by atoms with E-state index in [0.29, 0.717) is 94.4 Å². The van der Waals surface area contributed by atoms with E-state index in [1.807, 2.05) is 54.7 Å². The van der Waals surface area contributed by atoms with E-state index in [9.17, 15) is 24.6 Å². The Morgan fingerprint density at radius 2 is 1.21 bits per heavy atom. The van der Waals surface area contributed by atoms with Crippen molar-refractivity contribution in [1.82, 2.24) is 58.5 Å². The molecule has 434 valence electrons. The zero-order valence-electron chi connectivity index (χ0n) is 45.4. The molecule has 2 aliphatic carbocycles. The molecule has 3 aliphatic rings. The van der Waals surface area contributed by atoms with Crippen LogP contribution in [0.5, 0.6) is 0 Å². The number of aromatic nitrogens is 11. The van der Waals surface area contributed by atoms with Gasteiger partial charge in [0.25, 0.3) is 11.1 Å². The number of carbonyl (C=O) groups is 1. The molecule has 1 saturated heterocycles. The lowest BCUT2D eigenvalue weighted by molar-refractivity contribution is -0.186. The van der Waals surface area contributed by atoms with Crippen LogP contribution in [0.15, 0.2) is 126 Å². The fraction of sp³-hybridized carbons (Fsp3) is 0.419. The molecule has 8 heterocycles. The van der Waals surface area contributed by atoms with Crippen molar-refractivity contribution in [2.24, 2.45) is 5.92 Å². The molecule has 3 fully saturated rings. The van der Waals surface area contributed by atoms with Crippen LogP contribution in [0.3, 0.4) is 0 Å². The lowest BCUT2D eigenvalue weighted by Gasteiger charge is -2.35. The van der Waals surface area contributed by atoms with E-state index in [2.05, 4.69) is 94.5 Å². The summed E-state index contributed by atoms with van der Waals surface area (Å²) in [6.07, 6.45) is 16.2. The maximum atomic E-state index is 13.3. The van der Waals surface area contributed by atoms with Crippen LogP contribution in [-0.4, -0.2) is 108 Å². The summed E-state index contributed by atoms with van der Waals surface area (Å²) in [5.41, 5.74) is 3.71. The fourth-order valence-corrected chi connectivity index (χ4v) is 10.8. The lowest BCUT2D eigenvalue weighted by atomic mass is 9.79. The number of hydrogen-bond acceptors (Lipinski definition) is 15. The summed E-state index contributed by atoms with van der Waals surface area (Å²) < 4.78 is 11.6. The van der Waals surface area contributed by atoms with Gasteiger partial charge in [-0.1, -0.05) is 85.5 Å². The summed E-state index contributed by atoms with van der Waals surface area (Å²) in [5, 5.41) is 27.2. The second-order valence-corrected chi connectivity index (χ2v) is 22.1. The van der Waals surface area contributed by atoms with E-state index < -0.39 is 11.6 Å². The van der Waals surface area contributed by atoms with E-state index in [1.54, 1.807) is 50.6 Å². The summed E-state index contributed by atoms with van der Waals surface area (Å²) in [6, 6.07) is 23.9. The van der Waals surface area contributed by atoms with Gasteiger partial charge in [-0.25, -0.2) is 43.6 Å². The largest absolute Gasteiger partial charge is 0.481 e. The molecule has 0 atom stereocenters. The summed E-state index contributed by atoms with van der Waals surface area (Å²) in [6.45, 7) is 14.8. The Morgan fingerprint density at radius 1 is 0.683 bits per heavy atom. The Hall–Kier alpha value is -8.20. The zero-order valence-corrected chi connectivity index (χ0v) is 45.4. The lowest BCUT2D eigenvalue weighted by Crippen LogP contribution is -2.47. The highest BCUT2D eigenvalue weighted by atomic mass is 16.5. The molecule has 11 rings (SSSR count). The number of aliphatic hydroxyl groups is 1. The fourth-order valence-electron chi connectivity index (χ4n) is 10.8. The molecule has 20 heteroatoms. The molecular weight excluding hydrogens is 1040 g/mol. The number of hydrogen-bond donors (Lipinski definition) is 4. The van der Waals surface area contributed by atoms with Crippen molar-refractivity contribution in [3.63, 3.8) is 0 Å². The second kappa shape index (κ2) is 25.7. The minimum atomic E-state index is -1.16. The summed E-state index contributed by atoms with van der Waals surface area (Å²) in [5.74, 6) is 2.35. The topological polar surface area (TPSA) is 238 Å². The molecule has 0 bridgehead atoms. The average molecular weight is 1120 g/mol. The number of carboxylic acid groups (broad SMARTS) is 1. The molecule has 2 saturated carbocycles. The summed E-state index contributed by atoms with van der Waals surface area (Å²) in [4.78, 5) is 72.5. The van der Waals surface area contributed by atoms with Gasteiger partial charge in [0.15, 0.2) is 28.5 Å². The standard InChI is InChI=1S/C30H38N8O.C29H30N6O5.3CH4/c1-7-17-37-28(39)23-19-32-29(35-27(23)38(37)26-10-8-9-24(33-26)30(2,3)4)34-25-16-13-21(18-31-25)20-11-14-22(15-12-20)36(5)6;1-2-14-34-26(36)22-15-30-28(31-21-12-10-19(11-13-21)18-6-8-20(9-7-18)27(37)38)33-25(22)35(34)24-5-3-4-23(32-24)29(39)16-40-17-29;;;/h7-10,13,16,18-20,22H,1,11-12,14-15,17H2,2-6H3,(H,31,32,34,35);2-5,10-13,15,18,20,39H,1,6-9,14,16-17H2,(H,37,38)(H,30,31,33);3*1H4. The Balaban J connectivity index is 0.000000228. The molecule has 0 amide bonds. The van der Waals surface area contributed by atoms with Crippen molar-refractivity contribution >= 4 is 51.4 Å². The first-order chi connectivity index (χ1) is 38.0. The van der Waals surface area contributed by atoms with E-state index in [0.717, 1.165) is 24.2 Å². The number of fused-ring (bicyclic) bond motifs is 2. The molecule has 0 spiro atoms. The van der Waals surface area contributed by atoms with Gasteiger partial charge in [0, 0.05) is 41.4 Å². The minimum Gasteiger partial charge on any atom is -0.481 e. The van der Waals surface area contributed by atoms with Crippen LogP contribution in [0.1, 0.15) is 129 Å². The monoisotopic (exact) mass is 1120 g/mol. The maximum Gasteiger partial charge on any atom is 0.306 e. The number of anilines is 4. The van der Waals surface area contributed by atoms with Crippen molar-refractivity contribution in [2.45, 2.75) is 136 Å². The highest BCUT2D eigenvalue weighted by Gasteiger charge is 2.40. The van der Waals surface area contributed by atoms with Crippen LogP contribution >= 0.6 is 0 Å². The third-order valence-corrected chi connectivity index (χ3v) is 15.4. The normalized spacial score (nSPS) is 18.4. The van der Waals surface area contributed by atoms with Crippen LogP contribution in [-0.2, 0) is 33.6 Å². The minimum absolute atomic E-state index is 0. The van der Waals surface area contributed by atoms with Crippen LogP contribution in [0.2, 0.25) is 0 Å². The first-order valence-corrected chi connectivity index (χ1v) is 27.0. The molecule has 4 N–H and O–H groups in total. The molecule has 20 nitrogen and oxygen atoms in total. The van der Waals surface area contributed by atoms with Gasteiger partial charge >= 0.3 is 5.97 Å². The van der Waals surface area contributed by atoms with Gasteiger partial charge in [0.05, 0.1) is 37.9 Å². The Morgan fingerprint density at radius 3 is 1.71 bits per heavy atom. The summed E-state index contributed by atoms with van der Waals surface area (Å²) >= 11 is 0. The number of pyridine rings is 3. The average Bonchev–Trinajstić information content (AvgIpc) is 3.62. The quantitative estimate of drug-likeness (QED) is 0.0698. The number of benzene rings is 1. The third-order valence-electron chi connectivity index (χ3n) is 15.4. The van der Waals surface area contributed by atoms with Crippen molar-refractivity contribution < 1.29 is 19.7 Å². The number of nitrogens with one attached hydrogen (secondary N) is 2. The van der Waals surface area contributed by atoms with Gasteiger partial charge in [0.1, 0.15) is 16.6 Å². The Labute approximate surface area is 479 Å². The van der Waals surface area contributed by atoms with Gasteiger partial charge in [-0.15, -0.1) is 13.2 Å². The molecular formula is C62H80N14O6. The smallest absolute Gasteiger partial charge is 0.306 e. The van der Waals surface area contributed by atoms with Gasteiger partial charge in [-0.3, -0.25) is 14.4 Å². The van der Waals surface area contributed by atoms with Crippen LogP contribution in [0, 0.1) is 5.92 Å². The maximum absolute atomic E-state index is 13.3. The third kappa shape index (κ3) is 12.8. The van der Waals surface area contributed by atoms with E-state index in [4.69, 9.17) is 14.7 Å². The van der Waals surface area contributed by atoms with Gasteiger partial charge < -0.3 is 30.5 Å². The number of aliphatic carboxylic acids is 1. The number of nitrogens with zero attached hydrogens (tertiary/aromatic N) is 12. The van der Waals surface area contributed by atoms with Crippen molar-refractivity contribution in [2.75, 3.05) is 37.9 Å². The predicted molar refractivity (Wildman–Crippen MR) is 324 cm³/mol. The van der Waals surface area contributed by atoms with E-state index >= 15 is 0 Å². The SMILES string of the molecule is C.C.C.C=CCn1c(=O)c2cnc(Nc3ccc(C4CCC(C(=O)O)CC4)cc3)nc2n1-c1cccc(C2(O)COC2)n1.C=CCn1c(=O)c2cnc(Nc3ccc(C4CCC(N(C)C)CC4)cn3)nc2n1-c1cccc(C(C)(C)C)n1. The Bertz CT molecular complexity index is 3630. The molecule has 8 aromatic rings. The molecule has 82 heavy (non-hydrogen) atoms. The van der Waals surface area contributed by atoms with Crippen LogP contribution in [0.25, 0.3) is 33.7 Å². The van der Waals surface area contributed by atoms with Crippen molar-refractivity contribution in [3.8, 4) is 11.6 Å². The number of allylic oxidation sites excluding steroid dienone is 2. The van der Waals surface area contributed by atoms with E-state index in [1.165, 1.54) is 47.7 Å². The second-order valence-electron chi connectivity index (χ2n) is 22.1. The first-order valence-electron chi connectivity index (χ1n) is 27.0. The molecule has 0 radical (unpaired) electrons. The van der Waals surface area contributed by atoms with Crippen LogP contribution < -0.4 is 21.8 Å². The van der Waals surface area contributed by atoms with Gasteiger partial charge in [0.2, 0.25) is 11.9 Å². The van der Waals surface area contributed by atoms with Crippen molar-refractivity contribution in [3.05, 3.63) is 160 Å². The van der Waals surface area contributed by atoms with Gasteiger partial charge in [-0.2, -0.15) is 9.97 Å². The Kier molecular flexibility index (Phi) is 19.3.